The van der Waals surface area contributed by atoms with Gasteiger partial charge in [0.05, 0.1) is 0 Å². The molecule has 0 spiro atoms. The molecule has 150 valence electrons. The van der Waals surface area contributed by atoms with Crippen molar-refractivity contribution in [3.63, 3.8) is 0 Å². The normalized spacial score (nSPS) is 11.1. The Bertz CT molecular complexity index is 1180. The first kappa shape index (κ1) is 21.6. The molecule has 0 saturated carbocycles. The van der Waals surface area contributed by atoms with Crippen LogP contribution in [0.25, 0.3) is 6.08 Å². The molecule has 0 aromatic heterocycles. The number of nitrogens with one attached hydrogen (secondary N) is 1. The number of nitriles is 1. The van der Waals surface area contributed by atoms with Gasteiger partial charge >= 0.3 is 0 Å². The minimum Gasteiger partial charge on any atom is -0.321 e. The van der Waals surface area contributed by atoms with Crippen LogP contribution in [0.3, 0.4) is 0 Å². The van der Waals surface area contributed by atoms with E-state index < -0.39 is 5.91 Å². The Balaban J connectivity index is 1.94. The molecule has 0 aliphatic rings. The second-order valence-electron chi connectivity index (χ2n) is 6.65. The van der Waals surface area contributed by atoms with Gasteiger partial charge in [-0.2, -0.15) is 5.26 Å². The quantitative estimate of drug-likeness (QED) is 0.361. The van der Waals surface area contributed by atoms with Gasteiger partial charge in [-0.05, 0) is 65.6 Å². The summed E-state index contributed by atoms with van der Waals surface area (Å²) in [7, 11) is 0. The van der Waals surface area contributed by atoms with Gasteiger partial charge in [-0.3, -0.25) is 4.79 Å². The van der Waals surface area contributed by atoms with Crippen LogP contribution in [0.2, 0.25) is 10.0 Å². The van der Waals surface area contributed by atoms with Crippen LogP contribution in [0.1, 0.15) is 22.3 Å². The third kappa shape index (κ3) is 5.07. The lowest BCUT2D eigenvalue weighted by molar-refractivity contribution is -0.112. The molecule has 1 N–H and O–H groups in total. The van der Waals surface area contributed by atoms with Crippen LogP contribution in [0.4, 0.5) is 10.1 Å². The molecule has 0 fully saturated rings. The molecule has 6 heteroatoms. The van der Waals surface area contributed by atoms with Crippen molar-refractivity contribution in [2.45, 2.75) is 13.3 Å². The van der Waals surface area contributed by atoms with Crippen molar-refractivity contribution >= 4 is 40.9 Å². The highest BCUT2D eigenvalue weighted by Gasteiger charge is 2.14. The minimum atomic E-state index is -0.570. The fourth-order valence-electron chi connectivity index (χ4n) is 2.94. The van der Waals surface area contributed by atoms with E-state index in [0.29, 0.717) is 38.8 Å². The molecule has 3 aromatic rings. The molecule has 0 bridgehead atoms. The Morgan fingerprint density at radius 1 is 1.10 bits per heavy atom. The zero-order valence-corrected chi connectivity index (χ0v) is 17.6. The molecular formula is C24H17Cl2FN2O. The average Bonchev–Trinajstić information content (AvgIpc) is 2.72. The second kappa shape index (κ2) is 9.58. The number of anilines is 1. The minimum absolute atomic E-state index is 0.105. The van der Waals surface area contributed by atoms with Crippen LogP contribution in [0.15, 0.2) is 66.2 Å². The smallest absolute Gasteiger partial charge is 0.266 e. The lowest BCUT2D eigenvalue weighted by Crippen LogP contribution is -2.14. The largest absolute Gasteiger partial charge is 0.321 e. The van der Waals surface area contributed by atoms with Crippen molar-refractivity contribution in [1.29, 1.82) is 5.26 Å². The SMILES string of the molecule is Cc1c(Cl)cccc1NC(=O)/C(C#N)=C/c1cc(Cl)ccc1Cc1ccccc1F. The second-order valence-corrected chi connectivity index (χ2v) is 7.49. The number of amides is 1. The van der Waals surface area contributed by atoms with Crippen molar-refractivity contribution in [2.75, 3.05) is 5.32 Å². The highest BCUT2D eigenvalue weighted by Crippen LogP contribution is 2.25. The number of carbonyl (C=O) groups is 1. The molecule has 0 aliphatic carbocycles. The predicted molar refractivity (Wildman–Crippen MR) is 119 cm³/mol. The van der Waals surface area contributed by atoms with Gasteiger partial charge in [-0.25, -0.2) is 4.39 Å². The van der Waals surface area contributed by atoms with Crippen molar-refractivity contribution in [3.8, 4) is 6.07 Å². The zero-order chi connectivity index (χ0) is 21.7. The van der Waals surface area contributed by atoms with E-state index in [9.17, 15) is 14.4 Å². The van der Waals surface area contributed by atoms with Gasteiger partial charge in [0.15, 0.2) is 0 Å². The summed E-state index contributed by atoms with van der Waals surface area (Å²) in [6.45, 7) is 1.77. The number of carbonyl (C=O) groups excluding carboxylic acids is 1. The van der Waals surface area contributed by atoms with E-state index in [0.717, 1.165) is 5.56 Å². The molecule has 3 aromatic carbocycles. The molecule has 3 rings (SSSR count). The Morgan fingerprint density at radius 2 is 1.87 bits per heavy atom. The highest BCUT2D eigenvalue weighted by molar-refractivity contribution is 6.32. The fourth-order valence-corrected chi connectivity index (χ4v) is 3.30. The number of halogens is 3. The van der Waals surface area contributed by atoms with Crippen LogP contribution < -0.4 is 5.32 Å². The molecule has 0 radical (unpaired) electrons. The summed E-state index contributed by atoms with van der Waals surface area (Å²) in [6, 6.07) is 18.6. The first-order chi connectivity index (χ1) is 14.4. The van der Waals surface area contributed by atoms with Crippen molar-refractivity contribution in [2.24, 2.45) is 0 Å². The first-order valence-electron chi connectivity index (χ1n) is 9.09. The maximum atomic E-state index is 14.1. The van der Waals surface area contributed by atoms with E-state index in [4.69, 9.17) is 23.2 Å². The number of rotatable bonds is 5. The van der Waals surface area contributed by atoms with E-state index >= 15 is 0 Å². The maximum absolute atomic E-state index is 14.1. The zero-order valence-electron chi connectivity index (χ0n) is 16.0. The lowest BCUT2D eigenvalue weighted by Gasteiger charge is -2.11. The summed E-state index contributed by atoms with van der Waals surface area (Å²) >= 11 is 12.2. The van der Waals surface area contributed by atoms with Gasteiger partial charge in [0.1, 0.15) is 17.5 Å². The van der Waals surface area contributed by atoms with Crippen molar-refractivity contribution in [1.82, 2.24) is 0 Å². The molecular weight excluding hydrogens is 422 g/mol. The highest BCUT2D eigenvalue weighted by atomic mass is 35.5. The topological polar surface area (TPSA) is 52.9 Å². The summed E-state index contributed by atoms with van der Waals surface area (Å²) in [5, 5.41) is 13.2. The summed E-state index contributed by atoms with van der Waals surface area (Å²) in [5.74, 6) is -0.892. The Kier molecular flexibility index (Phi) is 6.89. The summed E-state index contributed by atoms with van der Waals surface area (Å²) < 4.78 is 14.1. The number of benzene rings is 3. The molecule has 0 unspecified atom stereocenters. The van der Waals surface area contributed by atoms with Crippen LogP contribution in [-0.2, 0) is 11.2 Å². The monoisotopic (exact) mass is 438 g/mol. The van der Waals surface area contributed by atoms with Gasteiger partial charge < -0.3 is 5.32 Å². The first-order valence-corrected chi connectivity index (χ1v) is 9.84. The summed E-state index contributed by atoms with van der Waals surface area (Å²) in [6.07, 6.45) is 1.75. The van der Waals surface area contributed by atoms with Crippen LogP contribution in [0.5, 0.6) is 0 Å². The summed E-state index contributed by atoms with van der Waals surface area (Å²) in [4.78, 5) is 12.7. The molecule has 3 nitrogen and oxygen atoms in total. The molecule has 0 atom stereocenters. The van der Waals surface area contributed by atoms with E-state index in [-0.39, 0.29) is 11.4 Å². The maximum Gasteiger partial charge on any atom is 0.266 e. The fraction of sp³-hybridized carbons (Fsp3) is 0.0833. The molecule has 0 heterocycles. The van der Waals surface area contributed by atoms with Crippen LogP contribution in [0, 0.1) is 24.1 Å². The summed E-state index contributed by atoms with van der Waals surface area (Å²) in [5.41, 5.74) is 2.93. The number of hydrogen-bond donors (Lipinski definition) is 1. The number of hydrogen-bond acceptors (Lipinski definition) is 2. The van der Waals surface area contributed by atoms with Gasteiger partial charge in [0, 0.05) is 22.2 Å². The predicted octanol–water partition coefficient (Wildman–Crippen LogP) is 6.58. The Labute approximate surface area is 184 Å². The van der Waals surface area contributed by atoms with Gasteiger partial charge in [0.25, 0.3) is 5.91 Å². The van der Waals surface area contributed by atoms with E-state index in [1.807, 2.05) is 6.07 Å². The average molecular weight is 439 g/mol. The molecule has 30 heavy (non-hydrogen) atoms. The third-order valence-electron chi connectivity index (χ3n) is 4.63. The van der Waals surface area contributed by atoms with Gasteiger partial charge in [-0.15, -0.1) is 0 Å². The van der Waals surface area contributed by atoms with Gasteiger partial charge in [0.2, 0.25) is 0 Å². The lowest BCUT2D eigenvalue weighted by atomic mass is 9.98. The molecule has 0 aliphatic heterocycles. The molecule has 1 amide bonds. The van der Waals surface area contributed by atoms with Crippen molar-refractivity contribution in [3.05, 3.63) is 104 Å². The Hall–Kier alpha value is -3.13. The van der Waals surface area contributed by atoms with E-state index in [1.54, 1.807) is 61.5 Å². The number of nitrogens with zero attached hydrogens (tertiary/aromatic N) is 1. The molecule has 0 saturated heterocycles. The van der Waals surface area contributed by atoms with Gasteiger partial charge in [-0.1, -0.05) is 53.5 Å². The van der Waals surface area contributed by atoms with E-state index in [2.05, 4.69) is 5.32 Å². The van der Waals surface area contributed by atoms with Crippen molar-refractivity contribution < 1.29 is 9.18 Å². The third-order valence-corrected chi connectivity index (χ3v) is 5.27. The van der Waals surface area contributed by atoms with Crippen LogP contribution in [-0.4, -0.2) is 5.91 Å². The van der Waals surface area contributed by atoms with E-state index in [1.165, 1.54) is 12.1 Å². The Morgan fingerprint density at radius 3 is 2.60 bits per heavy atom. The standard InChI is InChI=1S/C24H17Cl2FN2O/c1-15-21(26)6-4-8-23(15)29-24(30)19(14-28)12-18-13-20(25)10-9-16(18)11-17-5-2-3-7-22(17)27/h2-10,12-13H,11H2,1H3,(H,29,30)/b19-12+. The van der Waals surface area contributed by atoms with Crippen LogP contribution >= 0.6 is 23.2 Å².